The van der Waals surface area contributed by atoms with E-state index in [-0.39, 0.29) is 12.5 Å². The van der Waals surface area contributed by atoms with Gasteiger partial charge in [-0.2, -0.15) is 0 Å². The standard InChI is InChI=1S/C15H17N3O2/c16-12-6-11(7-13(17)8-12)15(20)18-14(9-19)10-4-2-1-3-5-10/h1-8,14,19H,9,16-17H2,(H,18,20)/t14-/m1/s1. The van der Waals surface area contributed by atoms with Gasteiger partial charge >= 0.3 is 0 Å². The van der Waals surface area contributed by atoms with Crippen molar-refractivity contribution >= 4 is 17.3 Å². The summed E-state index contributed by atoms with van der Waals surface area (Å²) in [6.07, 6.45) is 0. The maximum absolute atomic E-state index is 12.2. The second-order valence-corrected chi connectivity index (χ2v) is 4.51. The molecule has 2 aromatic carbocycles. The number of rotatable bonds is 4. The van der Waals surface area contributed by atoms with Gasteiger partial charge in [0, 0.05) is 16.9 Å². The Bertz CT molecular complexity index is 579. The number of benzene rings is 2. The van der Waals surface area contributed by atoms with Crippen LogP contribution in [0.2, 0.25) is 0 Å². The smallest absolute Gasteiger partial charge is 0.251 e. The molecule has 1 amide bonds. The van der Waals surface area contributed by atoms with Gasteiger partial charge in [0.15, 0.2) is 0 Å². The summed E-state index contributed by atoms with van der Waals surface area (Å²) in [5.74, 6) is -0.327. The molecule has 0 spiro atoms. The number of nitrogens with two attached hydrogens (primary N) is 2. The van der Waals surface area contributed by atoms with Crippen LogP contribution >= 0.6 is 0 Å². The molecule has 20 heavy (non-hydrogen) atoms. The van der Waals surface area contributed by atoms with Gasteiger partial charge in [-0.25, -0.2) is 0 Å². The third-order valence-electron chi connectivity index (χ3n) is 2.93. The Morgan fingerprint density at radius 2 is 1.70 bits per heavy atom. The van der Waals surface area contributed by atoms with E-state index in [9.17, 15) is 9.90 Å². The number of nitrogen functional groups attached to an aromatic ring is 2. The van der Waals surface area contributed by atoms with Crippen LogP contribution in [0.5, 0.6) is 0 Å². The molecule has 0 saturated heterocycles. The van der Waals surface area contributed by atoms with Crippen molar-refractivity contribution in [2.75, 3.05) is 18.1 Å². The molecule has 5 heteroatoms. The van der Waals surface area contributed by atoms with Crippen LogP contribution in [0.3, 0.4) is 0 Å². The van der Waals surface area contributed by atoms with Crippen LogP contribution in [0.25, 0.3) is 0 Å². The topological polar surface area (TPSA) is 101 Å². The first-order valence-corrected chi connectivity index (χ1v) is 6.23. The van der Waals surface area contributed by atoms with Gasteiger partial charge in [-0.1, -0.05) is 30.3 Å². The van der Waals surface area contributed by atoms with E-state index in [1.54, 1.807) is 18.2 Å². The highest BCUT2D eigenvalue weighted by Gasteiger charge is 2.15. The highest BCUT2D eigenvalue weighted by Crippen LogP contribution is 2.16. The summed E-state index contributed by atoms with van der Waals surface area (Å²) in [6.45, 7) is -0.187. The lowest BCUT2D eigenvalue weighted by Crippen LogP contribution is -2.30. The van der Waals surface area contributed by atoms with E-state index in [4.69, 9.17) is 11.5 Å². The zero-order chi connectivity index (χ0) is 14.5. The summed E-state index contributed by atoms with van der Waals surface area (Å²) < 4.78 is 0. The van der Waals surface area contributed by atoms with Crippen LogP contribution in [-0.4, -0.2) is 17.6 Å². The minimum Gasteiger partial charge on any atom is -0.399 e. The van der Waals surface area contributed by atoms with Gasteiger partial charge in [0.2, 0.25) is 0 Å². The lowest BCUT2D eigenvalue weighted by Gasteiger charge is -2.17. The molecule has 0 aromatic heterocycles. The number of anilines is 2. The molecule has 2 rings (SSSR count). The second kappa shape index (κ2) is 6.08. The number of hydrogen-bond donors (Lipinski definition) is 4. The number of hydrogen-bond acceptors (Lipinski definition) is 4. The predicted octanol–water partition coefficient (Wildman–Crippen LogP) is 1.31. The lowest BCUT2D eigenvalue weighted by atomic mass is 10.1. The summed E-state index contributed by atoms with van der Waals surface area (Å²) in [4.78, 5) is 12.2. The number of aliphatic hydroxyl groups is 1. The van der Waals surface area contributed by atoms with Crippen LogP contribution in [0.1, 0.15) is 22.0 Å². The van der Waals surface area contributed by atoms with Crippen molar-refractivity contribution in [3.63, 3.8) is 0 Å². The van der Waals surface area contributed by atoms with E-state index < -0.39 is 6.04 Å². The van der Waals surface area contributed by atoms with Crippen LogP contribution < -0.4 is 16.8 Å². The van der Waals surface area contributed by atoms with Crippen LogP contribution in [0.15, 0.2) is 48.5 Å². The van der Waals surface area contributed by atoms with Crippen molar-refractivity contribution < 1.29 is 9.90 Å². The fraction of sp³-hybridized carbons (Fsp3) is 0.133. The SMILES string of the molecule is Nc1cc(N)cc(C(=O)N[C@H](CO)c2ccccc2)c1. The summed E-state index contributed by atoms with van der Waals surface area (Å²) in [7, 11) is 0. The van der Waals surface area contributed by atoms with Crippen molar-refractivity contribution in [1.29, 1.82) is 0 Å². The van der Waals surface area contributed by atoms with E-state index >= 15 is 0 Å². The normalized spacial score (nSPS) is 11.8. The lowest BCUT2D eigenvalue weighted by molar-refractivity contribution is 0.0916. The molecule has 0 aliphatic rings. The first kappa shape index (κ1) is 13.9. The fourth-order valence-electron chi connectivity index (χ4n) is 1.97. The van der Waals surface area contributed by atoms with Gasteiger partial charge < -0.3 is 21.9 Å². The summed E-state index contributed by atoms with van der Waals surface area (Å²) in [5, 5.41) is 12.2. The molecular formula is C15H17N3O2. The molecule has 0 fully saturated rings. The zero-order valence-electron chi connectivity index (χ0n) is 10.9. The van der Waals surface area contributed by atoms with E-state index in [2.05, 4.69) is 5.32 Å². The minimum atomic E-state index is -0.466. The monoisotopic (exact) mass is 271 g/mol. The first-order chi connectivity index (χ1) is 9.60. The molecule has 0 bridgehead atoms. The van der Waals surface area contributed by atoms with Gasteiger partial charge in [0.05, 0.1) is 12.6 Å². The third-order valence-corrected chi connectivity index (χ3v) is 2.93. The average Bonchev–Trinajstić information content (AvgIpc) is 2.44. The predicted molar refractivity (Wildman–Crippen MR) is 79.0 cm³/mol. The second-order valence-electron chi connectivity index (χ2n) is 4.51. The summed E-state index contributed by atoms with van der Waals surface area (Å²) >= 11 is 0. The van der Waals surface area contributed by atoms with Crippen LogP contribution in [0, 0.1) is 0 Å². The van der Waals surface area contributed by atoms with Gasteiger partial charge in [-0.3, -0.25) is 4.79 Å². The summed E-state index contributed by atoms with van der Waals surface area (Å²) in [5.41, 5.74) is 13.4. The maximum Gasteiger partial charge on any atom is 0.251 e. The quantitative estimate of drug-likeness (QED) is 0.630. The number of amides is 1. The Balaban J connectivity index is 2.17. The average molecular weight is 271 g/mol. The maximum atomic E-state index is 12.2. The highest BCUT2D eigenvalue weighted by atomic mass is 16.3. The fourth-order valence-corrected chi connectivity index (χ4v) is 1.97. The Labute approximate surface area is 117 Å². The molecular weight excluding hydrogens is 254 g/mol. The van der Waals surface area contributed by atoms with E-state index in [0.717, 1.165) is 5.56 Å². The van der Waals surface area contributed by atoms with Crippen molar-refractivity contribution in [1.82, 2.24) is 5.32 Å². The van der Waals surface area contributed by atoms with Gasteiger partial charge in [0.25, 0.3) is 5.91 Å². The number of carbonyl (C=O) groups is 1. The molecule has 6 N–H and O–H groups in total. The van der Waals surface area contributed by atoms with E-state index in [1.165, 1.54) is 0 Å². The zero-order valence-corrected chi connectivity index (χ0v) is 10.9. The van der Waals surface area contributed by atoms with E-state index in [0.29, 0.717) is 16.9 Å². The molecule has 0 saturated carbocycles. The molecule has 0 aliphatic heterocycles. The molecule has 2 aromatic rings. The third kappa shape index (κ3) is 3.27. The number of aliphatic hydroxyl groups excluding tert-OH is 1. The van der Waals surface area contributed by atoms with Crippen molar-refractivity contribution in [2.45, 2.75) is 6.04 Å². The molecule has 1 atom stereocenters. The molecule has 0 aliphatic carbocycles. The Morgan fingerprint density at radius 3 is 2.25 bits per heavy atom. The van der Waals surface area contributed by atoms with Crippen molar-refractivity contribution in [3.8, 4) is 0 Å². The summed E-state index contributed by atoms with van der Waals surface area (Å²) in [6, 6.07) is 13.5. The van der Waals surface area contributed by atoms with Gasteiger partial charge in [-0.15, -0.1) is 0 Å². The van der Waals surface area contributed by atoms with E-state index in [1.807, 2.05) is 30.3 Å². The van der Waals surface area contributed by atoms with Crippen molar-refractivity contribution in [3.05, 3.63) is 59.7 Å². The van der Waals surface area contributed by atoms with Gasteiger partial charge in [0.1, 0.15) is 0 Å². The minimum absolute atomic E-state index is 0.187. The Hall–Kier alpha value is -2.53. The molecule has 5 nitrogen and oxygen atoms in total. The molecule has 104 valence electrons. The van der Waals surface area contributed by atoms with Crippen molar-refractivity contribution in [2.24, 2.45) is 0 Å². The molecule has 0 heterocycles. The molecule has 0 radical (unpaired) electrons. The first-order valence-electron chi connectivity index (χ1n) is 6.23. The Kier molecular flexibility index (Phi) is 4.22. The Morgan fingerprint density at radius 1 is 1.10 bits per heavy atom. The molecule has 0 unspecified atom stereocenters. The van der Waals surface area contributed by atoms with Crippen LogP contribution in [0.4, 0.5) is 11.4 Å². The highest BCUT2D eigenvalue weighted by molar-refractivity contribution is 5.96. The van der Waals surface area contributed by atoms with Gasteiger partial charge in [-0.05, 0) is 23.8 Å². The number of nitrogens with one attached hydrogen (secondary N) is 1. The van der Waals surface area contributed by atoms with Crippen LogP contribution in [-0.2, 0) is 0 Å². The largest absolute Gasteiger partial charge is 0.399 e. The number of carbonyl (C=O) groups excluding carboxylic acids is 1.